The lowest BCUT2D eigenvalue weighted by molar-refractivity contribution is -0.668. The highest BCUT2D eigenvalue weighted by Crippen LogP contribution is 2.26. The summed E-state index contributed by atoms with van der Waals surface area (Å²) in [7, 11) is -4.21. The summed E-state index contributed by atoms with van der Waals surface area (Å²) < 4.78 is 41.2. The molecular formula is C16H20ClNO4S2. The van der Waals surface area contributed by atoms with Gasteiger partial charge in [0.25, 0.3) is 5.01 Å². The summed E-state index contributed by atoms with van der Waals surface area (Å²) in [6.45, 7) is 4.96. The molecule has 1 aromatic heterocycles. The minimum atomic E-state index is -4.21. The molecule has 0 unspecified atom stereocenters. The lowest BCUT2D eigenvalue weighted by Crippen LogP contribution is -2.36. The van der Waals surface area contributed by atoms with Crippen molar-refractivity contribution in [2.75, 3.05) is 12.4 Å². The lowest BCUT2D eigenvalue weighted by atomic mass is 10.3. The van der Waals surface area contributed by atoms with Crippen LogP contribution in [0, 0.1) is 0 Å². The zero-order chi connectivity index (χ0) is 17.7. The standard InChI is InChI=1S/C16H20ClNO4S2/c1-3-13(22-4-2)11-16-18(8-5-9-24(19,20)21)14-10-12(17)6-7-15(14)23-16/h6-7,10-11H,3-5,8-9H2,1-2H3. The highest BCUT2D eigenvalue weighted by molar-refractivity contribution is 7.85. The summed E-state index contributed by atoms with van der Waals surface area (Å²) >= 11 is 7.68. The van der Waals surface area contributed by atoms with Gasteiger partial charge >= 0.3 is 0 Å². The van der Waals surface area contributed by atoms with Gasteiger partial charge in [0.2, 0.25) is 5.52 Å². The van der Waals surface area contributed by atoms with Crippen LogP contribution in [0.1, 0.15) is 31.7 Å². The van der Waals surface area contributed by atoms with Crippen molar-refractivity contribution in [3.8, 4) is 0 Å². The zero-order valence-electron chi connectivity index (χ0n) is 13.6. The quantitative estimate of drug-likeness (QED) is 0.393. The Morgan fingerprint density at radius 1 is 1.42 bits per heavy atom. The third kappa shape index (κ3) is 5.17. The maximum Gasteiger partial charge on any atom is 0.266 e. The predicted molar refractivity (Wildman–Crippen MR) is 96.1 cm³/mol. The fourth-order valence-corrected chi connectivity index (χ4v) is 4.15. The van der Waals surface area contributed by atoms with Gasteiger partial charge in [0.15, 0.2) is 6.54 Å². The molecule has 0 bridgehead atoms. The average Bonchev–Trinajstić information content (AvgIpc) is 2.83. The Morgan fingerprint density at radius 2 is 2.17 bits per heavy atom. The summed E-state index contributed by atoms with van der Waals surface area (Å²) in [6.07, 6.45) is 2.98. The first-order valence-corrected chi connectivity index (χ1v) is 10.5. The largest absolute Gasteiger partial charge is 0.748 e. The third-order valence-corrected chi connectivity index (χ3v) is 5.57. The number of allylic oxidation sites excluding steroid dienone is 1. The number of nitrogens with zero attached hydrogens (tertiary/aromatic N) is 1. The topological polar surface area (TPSA) is 70.3 Å². The van der Waals surface area contributed by atoms with Crippen LogP contribution in [-0.2, 0) is 21.4 Å². The molecule has 0 aliphatic heterocycles. The van der Waals surface area contributed by atoms with Gasteiger partial charge in [-0.15, -0.1) is 0 Å². The second-order valence-corrected chi connectivity index (χ2v) is 8.24. The number of halogens is 1. The van der Waals surface area contributed by atoms with Crippen molar-refractivity contribution in [3.05, 3.63) is 34.0 Å². The van der Waals surface area contributed by atoms with E-state index in [9.17, 15) is 13.0 Å². The van der Waals surface area contributed by atoms with Gasteiger partial charge in [0.1, 0.15) is 10.5 Å². The van der Waals surface area contributed by atoms with E-state index in [-0.39, 0.29) is 12.2 Å². The molecule has 0 fully saturated rings. The van der Waals surface area contributed by atoms with E-state index in [1.165, 1.54) is 0 Å². The highest BCUT2D eigenvalue weighted by Gasteiger charge is 2.20. The SMILES string of the molecule is CCOC(=Cc1sc2ccc(Cl)cc2[n+]1CCCS(=O)(=O)[O-])CC. The molecule has 132 valence electrons. The number of fused-ring (bicyclic) bond motifs is 1. The van der Waals surface area contributed by atoms with E-state index in [1.807, 2.05) is 42.7 Å². The Bertz CT molecular complexity index is 843. The molecule has 24 heavy (non-hydrogen) atoms. The molecule has 2 rings (SSSR count). The summed E-state index contributed by atoms with van der Waals surface area (Å²) in [5, 5.41) is 1.56. The van der Waals surface area contributed by atoms with E-state index < -0.39 is 10.1 Å². The maximum atomic E-state index is 10.9. The van der Waals surface area contributed by atoms with Crippen molar-refractivity contribution < 1.29 is 22.3 Å². The first-order valence-electron chi connectivity index (χ1n) is 7.73. The predicted octanol–water partition coefficient (Wildman–Crippen LogP) is 3.56. The van der Waals surface area contributed by atoms with E-state index >= 15 is 0 Å². The van der Waals surface area contributed by atoms with Gasteiger partial charge in [-0.1, -0.05) is 29.9 Å². The average molecular weight is 390 g/mol. The van der Waals surface area contributed by atoms with Gasteiger partial charge in [-0.05, 0) is 19.1 Å². The highest BCUT2D eigenvalue weighted by atomic mass is 35.5. The molecule has 0 aliphatic carbocycles. The molecule has 0 amide bonds. The van der Waals surface area contributed by atoms with E-state index in [1.54, 1.807) is 11.3 Å². The smallest absolute Gasteiger partial charge is 0.266 e. The normalized spacial score (nSPS) is 12.8. The molecule has 0 saturated carbocycles. The van der Waals surface area contributed by atoms with Crippen LogP contribution in [0.25, 0.3) is 16.3 Å². The second kappa shape index (κ2) is 8.29. The Kier molecular flexibility index (Phi) is 6.62. The molecule has 2 aromatic rings. The maximum absolute atomic E-state index is 10.9. The molecule has 0 radical (unpaired) electrons. The zero-order valence-corrected chi connectivity index (χ0v) is 16.0. The first kappa shape index (κ1) is 19.2. The van der Waals surface area contributed by atoms with E-state index in [2.05, 4.69) is 0 Å². The number of ether oxygens (including phenoxy) is 1. The second-order valence-electron chi connectivity index (χ2n) is 5.22. The summed E-state index contributed by atoms with van der Waals surface area (Å²) in [5.74, 6) is 0.480. The Hall–Kier alpha value is -1.15. The van der Waals surface area contributed by atoms with Crippen molar-refractivity contribution in [3.63, 3.8) is 0 Å². The molecular weight excluding hydrogens is 370 g/mol. The number of thiazole rings is 1. The van der Waals surface area contributed by atoms with Crippen molar-refractivity contribution in [1.29, 1.82) is 0 Å². The van der Waals surface area contributed by atoms with Crippen molar-refractivity contribution in [1.82, 2.24) is 0 Å². The number of aromatic nitrogens is 1. The van der Waals surface area contributed by atoms with E-state index in [0.717, 1.165) is 27.4 Å². The monoisotopic (exact) mass is 389 g/mol. The van der Waals surface area contributed by atoms with Crippen LogP contribution in [0.4, 0.5) is 0 Å². The molecule has 0 atom stereocenters. The fourth-order valence-electron chi connectivity index (χ4n) is 2.38. The minimum absolute atomic E-state index is 0.256. The van der Waals surface area contributed by atoms with Crippen LogP contribution >= 0.6 is 22.9 Å². The van der Waals surface area contributed by atoms with Crippen LogP contribution in [0.15, 0.2) is 24.0 Å². The number of hydrogen-bond donors (Lipinski definition) is 0. The number of benzene rings is 1. The van der Waals surface area contributed by atoms with Gasteiger partial charge in [0.05, 0.1) is 22.8 Å². The molecule has 1 heterocycles. The van der Waals surface area contributed by atoms with Crippen molar-refractivity contribution in [2.24, 2.45) is 0 Å². The van der Waals surface area contributed by atoms with Gasteiger partial charge in [-0.25, -0.2) is 8.42 Å². The van der Waals surface area contributed by atoms with E-state index in [4.69, 9.17) is 16.3 Å². The van der Waals surface area contributed by atoms with Crippen LogP contribution in [0.3, 0.4) is 0 Å². The number of hydrogen-bond acceptors (Lipinski definition) is 5. The minimum Gasteiger partial charge on any atom is -0.748 e. The van der Waals surface area contributed by atoms with Crippen LogP contribution in [0.5, 0.6) is 0 Å². The molecule has 0 aliphatic rings. The van der Waals surface area contributed by atoms with Crippen molar-refractivity contribution in [2.45, 2.75) is 33.2 Å². The van der Waals surface area contributed by atoms with Gasteiger partial charge in [0, 0.05) is 29.7 Å². The molecule has 0 saturated heterocycles. The van der Waals surface area contributed by atoms with E-state index in [0.29, 0.717) is 18.2 Å². The lowest BCUT2D eigenvalue weighted by Gasteiger charge is -2.06. The summed E-state index contributed by atoms with van der Waals surface area (Å²) in [5.41, 5.74) is 0.925. The molecule has 0 spiro atoms. The number of rotatable bonds is 8. The Morgan fingerprint density at radius 3 is 2.79 bits per heavy atom. The van der Waals surface area contributed by atoms with Gasteiger partial charge in [-0.3, -0.25) is 0 Å². The van der Waals surface area contributed by atoms with Crippen LogP contribution in [-0.4, -0.2) is 25.3 Å². The van der Waals surface area contributed by atoms with Crippen LogP contribution < -0.4 is 4.57 Å². The van der Waals surface area contributed by atoms with Crippen molar-refractivity contribution >= 4 is 49.3 Å². The molecule has 8 heteroatoms. The Labute approximate surface area is 151 Å². The fraction of sp³-hybridized carbons (Fsp3) is 0.438. The molecule has 5 nitrogen and oxygen atoms in total. The molecule has 1 aromatic carbocycles. The third-order valence-electron chi connectivity index (χ3n) is 3.43. The number of aryl methyl sites for hydroxylation is 1. The van der Waals surface area contributed by atoms with Gasteiger partial charge < -0.3 is 9.29 Å². The van der Waals surface area contributed by atoms with Gasteiger partial charge in [-0.2, -0.15) is 4.57 Å². The summed E-state index contributed by atoms with van der Waals surface area (Å²) in [4.78, 5) is 0. The molecule has 0 N–H and O–H groups in total. The summed E-state index contributed by atoms with van der Waals surface area (Å²) in [6, 6.07) is 5.61. The Balaban J connectivity index is 2.43. The first-order chi connectivity index (χ1) is 11.3. The van der Waals surface area contributed by atoms with Crippen LogP contribution in [0.2, 0.25) is 5.02 Å².